The van der Waals surface area contributed by atoms with E-state index in [9.17, 15) is 15.5 Å². The summed E-state index contributed by atoms with van der Waals surface area (Å²) >= 11 is 0. The van der Waals surface area contributed by atoms with E-state index in [4.69, 9.17) is 15.2 Å². The van der Waals surface area contributed by atoms with Gasteiger partial charge >= 0.3 is 0 Å². The Morgan fingerprint density at radius 2 is 1.79 bits per heavy atom. The van der Waals surface area contributed by atoms with E-state index in [1.165, 1.54) is 20.3 Å². The van der Waals surface area contributed by atoms with E-state index >= 15 is 0 Å². The third-order valence-electron chi connectivity index (χ3n) is 4.42. The van der Waals surface area contributed by atoms with Gasteiger partial charge in [0.1, 0.15) is 23.2 Å². The van der Waals surface area contributed by atoms with Crippen molar-refractivity contribution in [3.05, 3.63) is 47.5 Å². The second-order valence-electron chi connectivity index (χ2n) is 6.16. The van der Waals surface area contributed by atoms with Gasteiger partial charge in [-0.15, -0.1) is 0 Å². The molecule has 0 aliphatic rings. The highest BCUT2D eigenvalue weighted by Gasteiger charge is 2.18. The van der Waals surface area contributed by atoms with Crippen LogP contribution in [-0.2, 0) is 0 Å². The van der Waals surface area contributed by atoms with Gasteiger partial charge < -0.3 is 25.4 Å². The van der Waals surface area contributed by atoms with Crippen LogP contribution in [0.15, 0.2) is 36.4 Å². The van der Waals surface area contributed by atoms with Crippen molar-refractivity contribution >= 4 is 5.82 Å². The molecule has 0 radical (unpaired) electrons. The molecule has 0 aliphatic carbocycles. The van der Waals surface area contributed by atoms with Crippen LogP contribution in [0.1, 0.15) is 11.1 Å². The van der Waals surface area contributed by atoms with Gasteiger partial charge in [0.25, 0.3) is 0 Å². The normalized spacial score (nSPS) is 10.4. The highest BCUT2D eigenvalue weighted by molar-refractivity contribution is 5.82. The van der Waals surface area contributed by atoms with Crippen LogP contribution in [0.3, 0.4) is 0 Å². The number of nitriles is 1. The molecule has 0 saturated carbocycles. The number of methoxy groups -OCH3 is 2. The smallest absolute Gasteiger partial charge is 0.203 e. The molecular formula is C21H19N3O4. The van der Waals surface area contributed by atoms with Crippen LogP contribution in [0.5, 0.6) is 23.0 Å². The maximum absolute atomic E-state index is 10.3. The Labute approximate surface area is 162 Å². The fourth-order valence-electron chi connectivity index (χ4n) is 3.08. The number of nitrogens with two attached hydrogens (primary N) is 1. The minimum atomic E-state index is -0.126. The van der Waals surface area contributed by atoms with Crippen LogP contribution >= 0.6 is 0 Å². The molecule has 0 atom stereocenters. The Kier molecular flexibility index (Phi) is 4.96. The number of aryl methyl sites for hydroxylation is 1. The van der Waals surface area contributed by atoms with Gasteiger partial charge in [0, 0.05) is 11.1 Å². The van der Waals surface area contributed by atoms with Gasteiger partial charge in [0.15, 0.2) is 11.5 Å². The largest absolute Gasteiger partial charge is 0.508 e. The molecule has 2 aromatic carbocycles. The van der Waals surface area contributed by atoms with Gasteiger partial charge in [-0.2, -0.15) is 5.26 Å². The minimum absolute atomic E-state index is 0.0664. The lowest BCUT2D eigenvalue weighted by molar-refractivity contribution is 0.333. The Balaban J connectivity index is 2.28. The van der Waals surface area contributed by atoms with E-state index in [1.807, 2.05) is 6.92 Å². The van der Waals surface area contributed by atoms with Crippen molar-refractivity contribution < 1.29 is 19.7 Å². The van der Waals surface area contributed by atoms with Gasteiger partial charge in [0.2, 0.25) is 5.75 Å². The van der Waals surface area contributed by atoms with Crippen molar-refractivity contribution in [1.29, 1.82) is 5.26 Å². The van der Waals surface area contributed by atoms with Gasteiger partial charge in [-0.1, -0.05) is 0 Å². The lowest BCUT2D eigenvalue weighted by atomic mass is 9.96. The molecule has 7 heteroatoms. The molecule has 142 valence electrons. The number of nitrogens with zero attached hydrogens (tertiary/aromatic N) is 2. The van der Waals surface area contributed by atoms with Crippen molar-refractivity contribution in [2.24, 2.45) is 0 Å². The van der Waals surface area contributed by atoms with Crippen molar-refractivity contribution in [3.63, 3.8) is 0 Å². The SMILES string of the molecule is COc1cc(-c2cc(-c3ccc(O)cc3C)nc(N)c2C#N)cc(O)c1OC. The van der Waals surface area contributed by atoms with Gasteiger partial charge in [-0.25, -0.2) is 4.98 Å². The first kappa shape index (κ1) is 18.9. The summed E-state index contributed by atoms with van der Waals surface area (Å²) in [5.41, 5.74) is 9.37. The Morgan fingerprint density at radius 1 is 1.04 bits per heavy atom. The molecule has 0 spiro atoms. The quantitative estimate of drug-likeness (QED) is 0.635. The van der Waals surface area contributed by atoms with Crippen molar-refractivity contribution in [2.45, 2.75) is 6.92 Å². The minimum Gasteiger partial charge on any atom is -0.508 e. The molecule has 0 aliphatic heterocycles. The Hall–Kier alpha value is -3.92. The predicted octanol–water partition coefficient (Wildman–Crippen LogP) is 3.61. The number of phenolic OH excluding ortho intramolecular Hbond substituents is 2. The summed E-state index contributed by atoms with van der Waals surface area (Å²) < 4.78 is 10.4. The summed E-state index contributed by atoms with van der Waals surface area (Å²) in [7, 11) is 2.88. The number of rotatable bonds is 4. The lowest BCUT2D eigenvalue weighted by Crippen LogP contribution is -2.01. The average Bonchev–Trinajstić information content (AvgIpc) is 2.66. The number of aromatic nitrogens is 1. The standard InChI is InChI=1S/C21H19N3O4/c1-11-6-13(25)4-5-14(11)17-9-15(16(10-22)21(23)24-17)12-7-18(26)20(28-3)19(8-12)27-2/h4-9,25-26H,1-3H3,(H2,23,24). The van der Waals surface area contributed by atoms with E-state index in [-0.39, 0.29) is 28.6 Å². The van der Waals surface area contributed by atoms with Crippen LogP contribution in [0.2, 0.25) is 0 Å². The summed E-state index contributed by atoms with van der Waals surface area (Å²) in [5, 5.41) is 29.5. The molecule has 3 rings (SSSR count). The number of ether oxygens (including phenoxy) is 2. The van der Waals surface area contributed by atoms with Crippen LogP contribution in [0.4, 0.5) is 5.82 Å². The zero-order chi connectivity index (χ0) is 20.4. The maximum atomic E-state index is 10.3. The first-order chi connectivity index (χ1) is 13.4. The molecule has 7 nitrogen and oxygen atoms in total. The molecule has 1 heterocycles. The number of pyridine rings is 1. The first-order valence-corrected chi connectivity index (χ1v) is 8.35. The zero-order valence-corrected chi connectivity index (χ0v) is 15.6. The second-order valence-corrected chi connectivity index (χ2v) is 6.16. The summed E-state index contributed by atoms with van der Waals surface area (Å²) in [6.07, 6.45) is 0. The number of hydrogen-bond acceptors (Lipinski definition) is 7. The molecule has 0 fully saturated rings. The van der Waals surface area contributed by atoms with Gasteiger partial charge in [-0.3, -0.25) is 0 Å². The molecule has 28 heavy (non-hydrogen) atoms. The van der Waals surface area contributed by atoms with E-state index in [2.05, 4.69) is 11.1 Å². The van der Waals surface area contributed by atoms with Gasteiger partial charge in [0.05, 0.1) is 19.9 Å². The van der Waals surface area contributed by atoms with E-state index in [1.54, 1.807) is 30.3 Å². The fourth-order valence-corrected chi connectivity index (χ4v) is 3.08. The van der Waals surface area contributed by atoms with Crippen LogP contribution < -0.4 is 15.2 Å². The van der Waals surface area contributed by atoms with Crippen LogP contribution in [0.25, 0.3) is 22.4 Å². The molecule has 3 aromatic rings. The number of benzene rings is 2. The summed E-state index contributed by atoms with van der Waals surface area (Å²) in [5.74, 6) is 0.601. The second kappa shape index (κ2) is 7.37. The van der Waals surface area contributed by atoms with Crippen LogP contribution in [-0.4, -0.2) is 29.4 Å². The van der Waals surface area contributed by atoms with Gasteiger partial charge in [-0.05, 0) is 54.4 Å². The molecule has 0 saturated heterocycles. The first-order valence-electron chi connectivity index (χ1n) is 8.35. The Bertz CT molecular complexity index is 1100. The molecule has 4 N–H and O–H groups in total. The number of anilines is 1. The fraction of sp³-hybridized carbons (Fsp3) is 0.143. The summed E-state index contributed by atoms with van der Waals surface area (Å²) in [4.78, 5) is 4.34. The van der Waals surface area contributed by atoms with E-state index < -0.39 is 0 Å². The zero-order valence-electron chi connectivity index (χ0n) is 15.6. The monoisotopic (exact) mass is 377 g/mol. The number of nitrogen functional groups attached to an aromatic ring is 1. The highest BCUT2D eigenvalue weighted by atomic mass is 16.5. The molecule has 0 unspecified atom stereocenters. The van der Waals surface area contributed by atoms with Crippen LogP contribution in [0, 0.1) is 18.3 Å². The average molecular weight is 377 g/mol. The van der Waals surface area contributed by atoms with Crippen molar-refractivity contribution in [2.75, 3.05) is 20.0 Å². The number of aromatic hydroxyl groups is 2. The number of phenols is 2. The number of hydrogen-bond donors (Lipinski definition) is 3. The molecular weight excluding hydrogens is 358 g/mol. The Morgan fingerprint density at radius 3 is 2.39 bits per heavy atom. The molecule has 0 bridgehead atoms. The van der Waals surface area contributed by atoms with E-state index in [0.29, 0.717) is 22.6 Å². The highest BCUT2D eigenvalue weighted by Crippen LogP contribution is 2.42. The predicted molar refractivity (Wildman–Crippen MR) is 105 cm³/mol. The van der Waals surface area contributed by atoms with Crippen molar-refractivity contribution in [1.82, 2.24) is 4.98 Å². The van der Waals surface area contributed by atoms with Crippen molar-refractivity contribution in [3.8, 4) is 51.5 Å². The lowest BCUT2D eigenvalue weighted by Gasteiger charge is -2.15. The molecule has 1 aromatic heterocycles. The van der Waals surface area contributed by atoms with E-state index in [0.717, 1.165) is 11.1 Å². The third-order valence-corrected chi connectivity index (χ3v) is 4.42. The molecule has 0 amide bonds. The third kappa shape index (κ3) is 3.23. The summed E-state index contributed by atoms with van der Waals surface area (Å²) in [6, 6.07) is 11.8. The topological polar surface area (TPSA) is 122 Å². The maximum Gasteiger partial charge on any atom is 0.203 e. The summed E-state index contributed by atoms with van der Waals surface area (Å²) in [6.45, 7) is 1.84.